The number of carboxylic acid groups (broad SMARTS) is 1. The summed E-state index contributed by atoms with van der Waals surface area (Å²) in [5.41, 5.74) is 0. The van der Waals surface area contributed by atoms with E-state index in [1.165, 1.54) is 6.42 Å². The van der Waals surface area contributed by atoms with Gasteiger partial charge >= 0.3 is 5.97 Å². The van der Waals surface area contributed by atoms with Crippen LogP contribution >= 0.6 is 0 Å². The minimum atomic E-state index is -0.605. The van der Waals surface area contributed by atoms with Crippen molar-refractivity contribution in [3.63, 3.8) is 0 Å². The Morgan fingerprint density at radius 3 is 2.45 bits per heavy atom. The third kappa shape index (κ3) is 3.54. The molecule has 0 spiro atoms. The topological polar surface area (TPSA) is 37.3 Å². The molecule has 1 fully saturated rings. The summed E-state index contributed by atoms with van der Waals surface area (Å²) < 4.78 is 0. The largest absolute Gasteiger partial charge is 0.481 e. The van der Waals surface area contributed by atoms with E-state index in [9.17, 15) is 4.79 Å². The summed E-state index contributed by atoms with van der Waals surface area (Å²) in [7, 11) is 0. The van der Waals surface area contributed by atoms with E-state index in [4.69, 9.17) is 5.11 Å². The third-order valence-electron chi connectivity index (χ3n) is 2.29. The Labute approximate surface area is 87.9 Å². The van der Waals surface area contributed by atoms with E-state index in [2.05, 4.69) is 6.92 Å². The normalized spacial score (nSPS) is 30.6. The van der Waals surface area contributed by atoms with Gasteiger partial charge in [-0.15, -0.1) is 0 Å². The molecule has 1 aliphatic carbocycles. The molecular formula is C8H14HgO2. The van der Waals surface area contributed by atoms with Gasteiger partial charge in [0.15, 0.2) is 0 Å². The van der Waals surface area contributed by atoms with E-state index in [0.717, 1.165) is 19.3 Å². The molecule has 0 radical (unpaired) electrons. The molecule has 0 heterocycles. The Hall–Kier alpha value is 0.405. The second-order valence-electron chi connectivity index (χ2n) is 3.31. The maximum atomic E-state index is 10.5. The zero-order chi connectivity index (χ0) is 7.56. The zero-order valence-corrected chi connectivity index (χ0v) is 12.5. The van der Waals surface area contributed by atoms with E-state index in [1.807, 2.05) is 0 Å². The van der Waals surface area contributed by atoms with Crippen molar-refractivity contribution in [2.75, 3.05) is 0 Å². The van der Waals surface area contributed by atoms with Gasteiger partial charge in [-0.3, -0.25) is 4.79 Å². The Morgan fingerprint density at radius 1 is 1.45 bits per heavy atom. The molecule has 1 aliphatic rings. The predicted molar refractivity (Wildman–Crippen MR) is 38.8 cm³/mol. The minimum Gasteiger partial charge on any atom is -0.481 e. The first-order valence-corrected chi connectivity index (χ1v) is 3.93. The first-order valence-electron chi connectivity index (χ1n) is 3.93. The molecule has 0 amide bonds. The van der Waals surface area contributed by atoms with E-state index in [1.54, 1.807) is 0 Å². The van der Waals surface area contributed by atoms with Crippen LogP contribution in [0.15, 0.2) is 0 Å². The van der Waals surface area contributed by atoms with Crippen LogP contribution in [-0.4, -0.2) is 11.1 Å². The minimum absolute atomic E-state index is 0. The molecule has 3 heteroatoms. The van der Waals surface area contributed by atoms with Crippen LogP contribution in [0.2, 0.25) is 0 Å². The summed E-state index contributed by atoms with van der Waals surface area (Å²) in [5.74, 6) is -0.0369. The first-order chi connectivity index (χ1) is 4.70. The number of rotatable bonds is 1. The van der Waals surface area contributed by atoms with Crippen molar-refractivity contribution in [3.8, 4) is 0 Å². The molecule has 11 heavy (non-hydrogen) atoms. The monoisotopic (exact) mass is 344 g/mol. The Bertz CT molecular complexity index is 136. The second kappa shape index (κ2) is 5.12. The van der Waals surface area contributed by atoms with Gasteiger partial charge < -0.3 is 5.11 Å². The zero-order valence-electron chi connectivity index (χ0n) is 7.05. The van der Waals surface area contributed by atoms with Gasteiger partial charge in [0.25, 0.3) is 0 Å². The fourth-order valence-corrected chi connectivity index (χ4v) is 1.66. The van der Waals surface area contributed by atoms with Crippen LogP contribution in [0.5, 0.6) is 0 Å². The molecule has 2 unspecified atom stereocenters. The van der Waals surface area contributed by atoms with Crippen molar-refractivity contribution in [1.29, 1.82) is 0 Å². The second-order valence-corrected chi connectivity index (χ2v) is 3.31. The molecule has 0 aliphatic heterocycles. The van der Waals surface area contributed by atoms with Crippen LogP contribution in [0.25, 0.3) is 0 Å². The van der Waals surface area contributed by atoms with Crippen molar-refractivity contribution in [1.82, 2.24) is 0 Å². The summed E-state index contributed by atoms with van der Waals surface area (Å²) in [6.45, 7) is 2.13. The van der Waals surface area contributed by atoms with Crippen LogP contribution in [-0.2, 0) is 32.5 Å². The third-order valence-corrected chi connectivity index (χ3v) is 2.29. The Balaban J connectivity index is 0.000001000. The van der Waals surface area contributed by atoms with Crippen LogP contribution in [0, 0.1) is 11.8 Å². The number of hydrogen-bond acceptors (Lipinski definition) is 1. The Morgan fingerprint density at radius 2 is 2.09 bits per heavy atom. The van der Waals surface area contributed by atoms with Crippen LogP contribution in [0.3, 0.4) is 0 Å². The number of aliphatic carboxylic acids is 1. The molecule has 2 nitrogen and oxygen atoms in total. The smallest absolute Gasteiger partial charge is 0.306 e. The van der Waals surface area contributed by atoms with Gasteiger partial charge in [0.05, 0.1) is 5.92 Å². The average molecular weight is 343 g/mol. The van der Waals surface area contributed by atoms with Gasteiger partial charge in [-0.2, -0.15) is 0 Å². The summed E-state index contributed by atoms with van der Waals surface area (Å²) in [5, 5.41) is 8.66. The maximum Gasteiger partial charge on any atom is 0.306 e. The van der Waals surface area contributed by atoms with E-state index >= 15 is 0 Å². The van der Waals surface area contributed by atoms with Crippen molar-refractivity contribution in [2.24, 2.45) is 11.8 Å². The SMILES string of the molecule is CC1CCCC(C(=O)O)C1.[Hg]. The van der Waals surface area contributed by atoms with Gasteiger partial charge in [-0.05, 0) is 18.8 Å². The number of carbonyl (C=O) groups is 1. The van der Waals surface area contributed by atoms with Crippen LogP contribution in [0.4, 0.5) is 0 Å². The molecule has 60 valence electrons. The van der Waals surface area contributed by atoms with Crippen molar-refractivity contribution in [2.45, 2.75) is 32.6 Å². The summed E-state index contributed by atoms with van der Waals surface area (Å²) >= 11 is 0. The molecule has 0 bridgehead atoms. The molecule has 0 aromatic rings. The maximum absolute atomic E-state index is 10.5. The molecule has 2 atom stereocenters. The molecular weight excluding hydrogens is 329 g/mol. The summed E-state index contributed by atoms with van der Waals surface area (Å²) in [6.07, 6.45) is 4.08. The quantitative estimate of drug-likeness (QED) is 0.739. The summed E-state index contributed by atoms with van der Waals surface area (Å²) in [4.78, 5) is 10.5. The predicted octanol–water partition coefficient (Wildman–Crippen LogP) is 1.89. The molecule has 1 rings (SSSR count). The van der Waals surface area contributed by atoms with E-state index in [-0.39, 0.29) is 33.6 Å². The van der Waals surface area contributed by atoms with Gasteiger partial charge in [0.2, 0.25) is 0 Å². The molecule has 0 aromatic heterocycles. The molecule has 1 saturated carbocycles. The number of carboxylic acids is 1. The van der Waals surface area contributed by atoms with E-state index in [0.29, 0.717) is 5.92 Å². The molecule has 0 saturated heterocycles. The van der Waals surface area contributed by atoms with Crippen LogP contribution in [0.1, 0.15) is 32.6 Å². The van der Waals surface area contributed by atoms with Crippen LogP contribution < -0.4 is 0 Å². The molecule has 0 aromatic carbocycles. The van der Waals surface area contributed by atoms with Gasteiger partial charge in [-0.1, -0.05) is 19.8 Å². The van der Waals surface area contributed by atoms with Crippen molar-refractivity contribution >= 4 is 5.97 Å². The summed E-state index contributed by atoms with van der Waals surface area (Å²) in [6, 6.07) is 0. The fraction of sp³-hybridized carbons (Fsp3) is 0.875. The fourth-order valence-electron chi connectivity index (χ4n) is 1.66. The standard InChI is InChI=1S/C8H14O2.Hg/c1-6-3-2-4-7(5-6)8(9)10;/h6-7H,2-5H2,1H3,(H,9,10);. The van der Waals surface area contributed by atoms with Gasteiger partial charge in [0.1, 0.15) is 0 Å². The average Bonchev–Trinajstić information content (AvgIpc) is 1.88. The first kappa shape index (κ1) is 11.4. The molecule has 1 N–H and O–H groups in total. The van der Waals surface area contributed by atoms with Gasteiger partial charge in [-0.25, -0.2) is 0 Å². The van der Waals surface area contributed by atoms with Gasteiger partial charge in [0, 0.05) is 27.7 Å². The van der Waals surface area contributed by atoms with E-state index < -0.39 is 5.97 Å². The number of hydrogen-bond donors (Lipinski definition) is 1. The Kier molecular flexibility index (Phi) is 5.31. The van der Waals surface area contributed by atoms with Crippen molar-refractivity contribution in [3.05, 3.63) is 0 Å². The van der Waals surface area contributed by atoms with Crippen molar-refractivity contribution < 1.29 is 37.6 Å².